The first-order chi connectivity index (χ1) is 11.9. The van der Waals surface area contributed by atoms with Crippen LogP contribution in [0.3, 0.4) is 0 Å². The lowest BCUT2D eigenvalue weighted by Crippen LogP contribution is -2.37. The molecule has 0 saturated heterocycles. The van der Waals surface area contributed by atoms with Crippen molar-refractivity contribution in [2.45, 2.75) is 32.8 Å². The standard InChI is InChI=1S/C15H18N4O5S/c1-3-4-12-16-14(24-17-12)10(2)23-15(20)11-5-6-13-18-25(21,22)8-7-19(13)9-11/h5-6,9-10H,3-4,7-8H2,1-2H3. The van der Waals surface area contributed by atoms with Gasteiger partial charge in [-0.25, -0.2) is 13.2 Å². The van der Waals surface area contributed by atoms with Crippen LogP contribution in [0.4, 0.5) is 0 Å². The molecular formula is C15H18N4O5S. The van der Waals surface area contributed by atoms with Gasteiger partial charge in [0.25, 0.3) is 15.9 Å². The van der Waals surface area contributed by atoms with Crippen LogP contribution < -0.4 is 0 Å². The Kier molecular flexibility index (Phi) is 4.71. The van der Waals surface area contributed by atoms with Gasteiger partial charge in [-0.2, -0.15) is 4.98 Å². The number of amidine groups is 1. The summed E-state index contributed by atoms with van der Waals surface area (Å²) in [6.45, 7) is 3.89. The van der Waals surface area contributed by atoms with Crippen molar-refractivity contribution in [1.29, 1.82) is 0 Å². The Morgan fingerprint density at radius 3 is 3.00 bits per heavy atom. The van der Waals surface area contributed by atoms with Crippen molar-refractivity contribution >= 4 is 21.8 Å². The van der Waals surface area contributed by atoms with Gasteiger partial charge in [0.2, 0.25) is 0 Å². The molecule has 1 atom stereocenters. The molecular weight excluding hydrogens is 348 g/mol. The predicted octanol–water partition coefficient (Wildman–Crippen LogP) is 1.12. The second-order valence-electron chi connectivity index (χ2n) is 5.69. The Balaban J connectivity index is 1.67. The zero-order valence-corrected chi connectivity index (χ0v) is 14.7. The smallest absolute Gasteiger partial charge is 0.340 e. The van der Waals surface area contributed by atoms with Gasteiger partial charge in [-0.1, -0.05) is 12.1 Å². The highest BCUT2D eigenvalue weighted by Crippen LogP contribution is 2.20. The minimum absolute atomic E-state index is 0.0955. The molecule has 1 unspecified atom stereocenters. The fraction of sp³-hybridized carbons (Fsp3) is 0.467. The molecule has 0 N–H and O–H groups in total. The number of ether oxygens (including phenoxy) is 1. The molecule has 3 heterocycles. The van der Waals surface area contributed by atoms with Crippen LogP contribution in [0.25, 0.3) is 0 Å². The fourth-order valence-electron chi connectivity index (χ4n) is 2.36. The molecule has 1 aromatic heterocycles. The molecule has 0 amide bonds. The van der Waals surface area contributed by atoms with Crippen molar-refractivity contribution in [3.05, 3.63) is 35.6 Å². The lowest BCUT2D eigenvalue weighted by molar-refractivity contribution is -0.144. The van der Waals surface area contributed by atoms with Gasteiger partial charge >= 0.3 is 5.97 Å². The van der Waals surface area contributed by atoms with Crippen LogP contribution in [0.1, 0.15) is 38.1 Å². The Morgan fingerprint density at radius 2 is 2.24 bits per heavy atom. The molecule has 10 heteroatoms. The van der Waals surface area contributed by atoms with E-state index in [0.717, 1.165) is 6.42 Å². The number of carbonyl (C=O) groups excluding carboxylic acids is 1. The maximum Gasteiger partial charge on any atom is 0.340 e. The number of rotatable bonds is 5. The number of sulfonamides is 1. The van der Waals surface area contributed by atoms with Crippen molar-refractivity contribution < 1.29 is 22.5 Å². The number of aryl methyl sites for hydroxylation is 1. The van der Waals surface area contributed by atoms with Crippen molar-refractivity contribution in [3.8, 4) is 0 Å². The molecule has 0 aromatic carbocycles. The van der Waals surface area contributed by atoms with E-state index in [1.54, 1.807) is 11.8 Å². The lowest BCUT2D eigenvalue weighted by Gasteiger charge is -2.26. The summed E-state index contributed by atoms with van der Waals surface area (Å²) in [7, 11) is -3.43. The summed E-state index contributed by atoms with van der Waals surface area (Å²) in [6.07, 6.45) is 5.37. The second kappa shape index (κ2) is 6.79. The van der Waals surface area contributed by atoms with E-state index < -0.39 is 22.1 Å². The number of nitrogens with zero attached hydrogens (tertiary/aromatic N) is 4. The molecule has 3 rings (SSSR count). The van der Waals surface area contributed by atoms with Crippen LogP contribution in [-0.4, -0.2) is 47.6 Å². The summed E-state index contributed by atoms with van der Waals surface area (Å²) in [5.74, 6) is 0.446. The molecule has 0 aliphatic carbocycles. The first-order valence-corrected chi connectivity index (χ1v) is 9.51. The summed E-state index contributed by atoms with van der Waals surface area (Å²) in [4.78, 5) is 18.1. The third-order valence-corrected chi connectivity index (χ3v) is 4.81. The summed E-state index contributed by atoms with van der Waals surface area (Å²) in [5.41, 5.74) is 0.290. The van der Waals surface area contributed by atoms with Crippen molar-refractivity contribution in [2.24, 2.45) is 4.40 Å². The number of hydrogen-bond donors (Lipinski definition) is 0. The normalized spacial score (nSPS) is 19.7. The van der Waals surface area contributed by atoms with Gasteiger partial charge in [-0.15, -0.1) is 4.40 Å². The first kappa shape index (κ1) is 17.3. The topological polar surface area (TPSA) is 115 Å². The van der Waals surface area contributed by atoms with Crippen molar-refractivity contribution in [3.63, 3.8) is 0 Å². The Hall–Kier alpha value is -2.49. The SMILES string of the molecule is CCCc1noc(C(C)OC(=O)C2=CN3CCS(=O)(=O)N=C3C=C2)n1. The third-order valence-electron chi connectivity index (χ3n) is 3.65. The van der Waals surface area contributed by atoms with Crippen molar-refractivity contribution in [1.82, 2.24) is 15.0 Å². The largest absolute Gasteiger partial charge is 0.449 e. The highest BCUT2D eigenvalue weighted by Gasteiger charge is 2.27. The molecule has 0 radical (unpaired) electrons. The molecule has 1 aromatic rings. The quantitative estimate of drug-likeness (QED) is 0.712. The van der Waals surface area contributed by atoms with Crippen LogP contribution in [0, 0.1) is 0 Å². The number of fused-ring (bicyclic) bond motifs is 1. The fourth-order valence-corrected chi connectivity index (χ4v) is 3.33. The Morgan fingerprint density at radius 1 is 1.44 bits per heavy atom. The van der Waals surface area contributed by atoms with Crippen LogP contribution in [0.2, 0.25) is 0 Å². The van der Waals surface area contributed by atoms with Gasteiger partial charge in [0, 0.05) is 19.2 Å². The molecule has 0 saturated carbocycles. The summed E-state index contributed by atoms with van der Waals surface area (Å²) >= 11 is 0. The van der Waals surface area contributed by atoms with E-state index in [9.17, 15) is 13.2 Å². The van der Waals surface area contributed by atoms with E-state index in [1.165, 1.54) is 18.4 Å². The molecule has 0 spiro atoms. The number of esters is 1. The Labute approximate surface area is 145 Å². The molecule has 25 heavy (non-hydrogen) atoms. The molecule has 9 nitrogen and oxygen atoms in total. The van der Waals surface area contributed by atoms with Crippen LogP contribution in [-0.2, 0) is 26.0 Å². The minimum Gasteiger partial charge on any atom is -0.449 e. The zero-order valence-electron chi connectivity index (χ0n) is 13.9. The predicted molar refractivity (Wildman–Crippen MR) is 88.0 cm³/mol. The zero-order chi connectivity index (χ0) is 18.0. The highest BCUT2D eigenvalue weighted by atomic mass is 32.2. The molecule has 0 bridgehead atoms. The molecule has 0 fully saturated rings. The van der Waals surface area contributed by atoms with Gasteiger partial charge in [-0.05, 0) is 25.5 Å². The molecule has 134 valence electrons. The summed E-state index contributed by atoms with van der Waals surface area (Å²) < 4.78 is 37.1. The van der Waals surface area contributed by atoms with Crippen molar-refractivity contribution in [2.75, 3.05) is 12.3 Å². The van der Waals surface area contributed by atoms with Crippen LogP contribution in [0.15, 0.2) is 32.8 Å². The monoisotopic (exact) mass is 366 g/mol. The van der Waals surface area contributed by atoms with E-state index in [0.29, 0.717) is 17.8 Å². The summed E-state index contributed by atoms with van der Waals surface area (Å²) in [5, 5.41) is 3.83. The molecule has 2 aliphatic rings. The third kappa shape index (κ3) is 3.95. The highest BCUT2D eigenvalue weighted by molar-refractivity contribution is 7.90. The van der Waals surface area contributed by atoms with Crippen LogP contribution >= 0.6 is 0 Å². The van der Waals surface area contributed by atoms with Gasteiger partial charge in [0.15, 0.2) is 11.9 Å². The Bertz CT molecular complexity index is 868. The second-order valence-corrected chi connectivity index (χ2v) is 7.45. The average Bonchev–Trinajstić information content (AvgIpc) is 3.02. The maximum atomic E-state index is 12.3. The average molecular weight is 366 g/mol. The van der Waals surface area contributed by atoms with Gasteiger partial charge in [-0.3, -0.25) is 0 Å². The van der Waals surface area contributed by atoms with E-state index in [4.69, 9.17) is 9.26 Å². The van der Waals surface area contributed by atoms with Gasteiger partial charge < -0.3 is 14.2 Å². The lowest BCUT2D eigenvalue weighted by atomic mass is 10.2. The van der Waals surface area contributed by atoms with Gasteiger partial charge in [0.05, 0.1) is 11.3 Å². The molecule has 2 aliphatic heterocycles. The first-order valence-electron chi connectivity index (χ1n) is 7.90. The summed E-state index contributed by atoms with van der Waals surface area (Å²) in [6, 6.07) is 0. The van der Waals surface area contributed by atoms with E-state index in [1.807, 2.05) is 6.92 Å². The van der Waals surface area contributed by atoms with E-state index in [-0.39, 0.29) is 24.0 Å². The number of hydrogen-bond acceptors (Lipinski definition) is 8. The minimum atomic E-state index is -3.43. The van der Waals surface area contributed by atoms with E-state index >= 15 is 0 Å². The maximum absolute atomic E-state index is 12.3. The van der Waals surface area contributed by atoms with Crippen LogP contribution in [0.5, 0.6) is 0 Å². The van der Waals surface area contributed by atoms with Gasteiger partial charge in [0.1, 0.15) is 5.84 Å². The number of aromatic nitrogens is 2. The van der Waals surface area contributed by atoms with E-state index in [2.05, 4.69) is 14.5 Å². The number of carbonyl (C=O) groups is 1.